The zero-order valence-corrected chi connectivity index (χ0v) is 21.9. The summed E-state index contributed by atoms with van der Waals surface area (Å²) in [6.45, 7) is 2.42. The molecule has 196 valence electrons. The Morgan fingerprint density at radius 3 is 1.78 bits per heavy atom. The average Bonchev–Trinajstić information content (AvgIpc) is 2.87. The van der Waals surface area contributed by atoms with Gasteiger partial charge in [0, 0.05) is 12.8 Å². The molecule has 0 saturated heterocycles. The fourth-order valence-electron chi connectivity index (χ4n) is 3.25. The van der Waals surface area contributed by atoms with Crippen LogP contribution in [0, 0.1) is 0 Å². The monoisotopic (exact) mass is 492 g/mol. The highest BCUT2D eigenvalue weighted by molar-refractivity contribution is 5.69. The molecule has 4 heteroatoms. The Bertz CT molecular complexity index is 887. The molecule has 36 heavy (non-hydrogen) atoms. The molecule has 1 aromatic rings. The topological polar surface area (TPSA) is 66.8 Å². The minimum Gasteiger partial charge on any atom is -0.504 e. The SMILES string of the molecule is CC/C=C\C/C=C\C/C=C\C/C=C\C/C=C\C/C=C\CCCCC(=O)OCCc1ccc(O)c(O)c1. The van der Waals surface area contributed by atoms with E-state index in [4.69, 9.17) is 4.74 Å². The van der Waals surface area contributed by atoms with Gasteiger partial charge in [0.05, 0.1) is 6.61 Å². The molecule has 0 bridgehead atoms. The van der Waals surface area contributed by atoms with Crippen LogP contribution in [0.5, 0.6) is 11.5 Å². The lowest BCUT2D eigenvalue weighted by Crippen LogP contribution is -2.07. The van der Waals surface area contributed by atoms with E-state index in [1.165, 1.54) is 12.1 Å². The first kappa shape index (κ1) is 30.8. The van der Waals surface area contributed by atoms with E-state index >= 15 is 0 Å². The van der Waals surface area contributed by atoms with Crippen LogP contribution in [-0.4, -0.2) is 22.8 Å². The van der Waals surface area contributed by atoms with Crippen molar-refractivity contribution in [1.29, 1.82) is 0 Å². The van der Waals surface area contributed by atoms with E-state index in [1.807, 2.05) is 0 Å². The molecule has 0 fully saturated rings. The highest BCUT2D eigenvalue weighted by atomic mass is 16.5. The Kier molecular flexibility index (Phi) is 19.0. The quantitative estimate of drug-likeness (QED) is 0.0880. The molecule has 0 amide bonds. The van der Waals surface area contributed by atoms with Crippen molar-refractivity contribution in [1.82, 2.24) is 0 Å². The van der Waals surface area contributed by atoms with Crippen LogP contribution in [-0.2, 0) is 16.0 Å². The number of benzene rings is 1. The molecule has 0 aliphatic rings. The third-order valence-corrected chi connectivity index (χ3v) is 5.29. The Morgan fingerprint density at radius 1 is 0.722 bits per heavy atom. The van der Waals surface area contributed by atoms with Gasteiger partial charge in [0.15, 0.2) is 11.5 Å². The second-order valence-electron chi connectivity index (χ2n) is 8.45. The van der Waals surface area contributed by atoms with Gasteiger partial charge in [0.25, 0.3) is 0 Å². The van der Waals surface area contributed by atoms with E-state index in [9.17, 15) is 15.0 Å². The van der Waals surface area contributed by atoms with E-state index in [-0.39, 0.29) is 24.1 Å². The van der Waals surface area contributed by atoms with E-state index in [0.29, 0.717) is 12.8 Å². The molecule has 0 heterocycles. The number of phenolic OH excluding ortho intramolecular Hbond substituents is 2. The number of carbonyl (C=O) groups is 1. The molecule has 4 nitrogen and oxygen atoms in total. The van der Waals surface area contributed by atoms with E-state index in [1.54, 1.807) is 6.07 Å². The first-order valence-electron chi connectivity index (χ1n) is 13.2. The maximum Gasteiger partial charge on any atom is 0.305 e. The second-order valence-corrected chi connectivity index (χ2v) is 8.45. The third kappa shape index (κ3) is 18.1. The molecular weight excluding hydrogens is 448 g/mol. The lowest BCUT2D eigenvalue weighted by atomic mass is 10.1. The number of allylic oxidation sites excluding steroid dienone is 12. The molecule has 1 aromatic carbocycles. The van der Waals surface area contributed by atoms with Crippen LogP contribution in [0.3, 0.4) is 0 Å². The van der Waals surface area contributed by atoms with Crippen molar-refractivity contribution in [3.63, 3.8) is 0 Å². The van der Waals surface area contributed by atoms with E-state index < -0.39 is 0 Å². The van der Waals surface area contributed by atoms with Crippen LogP contribution in [0.1, 0.15) is 76.7 Å². The number of aromatic hydroxyl groups is 2. The van der Waals surface area contributed by atoms with Crippen molar-refractivity contribution >= 4 is 5.97 Å². The Labute approximate surface area is 218 Å². The molecule has 0 saturated carbocycles. The number of esters is 1. The first-order chi connectivity index (χ1) is 17.6. The van der Waals surface area contributed by atoms with Gasteiger partial charge in [-0.05, 0) is 75.5 Å². The summed E-state index contributed by atoms with van der Waals surface area (Å²) in [5.74, 6) is -0.503. The van der Waals surface area contributed by atoms with Gasteiger partial charge in [-0.2, -0.15) is 0 Å². The molecule has 0 aromatic heterocycles. The van der Waals surface area contributed by atoms with E-state index in [0.717, 1.165) is 63.4 Å². The predicted octanol–water partition coefficient (Wildman–Crippen LogP) is 8.44. The molecule has 0 aliphatic carbocycles. The highest BCUT2D eigenvalue weighted by Crippen LogP contribution is 2.25. The van der Waals surface area contributed by atoms with Gasteiger partial charge >= 0.3 is 5.97 Å². The number of ether oxygens (including phenoxy) is 1. The normalized spacial score (nSPS) is 12.5. The van der Waals surface area contributed by atoms with Crippen molar-refractivity contribution in [2.75, 3.05) is 6.61 Å². The van der Waals surface area contributed by atoms with Crippen molar-refractivity contribution in [2.24, 2.45) is 0 Å². The summed E-state index contributed by atoms with van der Waals surface area (Å²) in [6, 6.07) is 4.62. The standard InChI is InChI=1S/C32H44O4/c1-2-3-4-5-6-7-8-9-10-11-12-13-14-15-16-17-18-19-20-21-22-23-32(35)36-27-26-29-24-25-30(33)31(34)28-29/h3-4,6-7,9-10,12-13,15-16,18-19,24-25,28,33-34H,2,5,8,11,14,17,20-23,26-27H2,1H3/b4-3-,7-6-,10-9-,13-12-,16-15-,19-18-. The fourth-order valence-corrected chi connectivity index (χ4v) is 3.25. The molecule has 1 rings (SSSR count). The minimum atomic E-state index is -0.194. The number of rotatable bonds is 19. The summed E-state index contributed by atoms with van der Waals surface area (Å²) >= 11 is 0. The van der Waals surface area contributed by atoms with Crippen LogP contribution in [0.4, 0.5) is 0 Å². The second kappa shape index (κ2) is 22.2. The summed E-state index contributed by atoms with van der Waals surface area (Å²) in [6.07, 6.45) is 36.0. The van der Waals surface area contributed by atoms with Gasteiger partial charge in [0.1, 0.15) is 0 Å². The molecule has 0 atom stereocenters. The third-order valence-electron chi connectivity index (χ3n) is 5.29. The van der Waals surface area contributed by atoms with Crippen molar-refractivity contribution < 1.29 is 19.7 Å². The molecule has 0 aliphatic heterocycles. The number of hydrogen-bond acceptors (Lipinski definition) is 4. The van der Waals surface area contributed by atoms with Crippen molar-refractivity contribution in [2.45, 2.75) is 77.6 Å². The van der Waals surface area contributed by atoms with Gasteiger partial charge in [-0.15, -0.1) is 0 Å². The number of unbranched alkanes of at least 4 members (excludes halogenated alkanes) is 2. The Balaban J connectivity index is 1.95. The predicted molar refractivity (Wildman–Crippen MR) is 151 cm³/mol. The summed E-state index contributed by atoms with van der Waals surface area (Å²) in [5, 5.41) is 18.8. The van der Waals surface area contributed by atoms with E-state index in [2.05, 4.69) is 79.8 Å². The maximum absolute atomic E-state index is 11.8. The van der Waals surface area contributed by atoms with Gasteiger partial charge in [0.2, 0.25) is 0 Å². The summed E-state index contributed by atoms with van der Waals surface area (Å²) in [5.41, 5.74) is 0.816. The van der Waals surface area contributed by atoms with Crippen molar-refractivity contribution in [3.8, 4) is 11.5 Å². The number of phenols is 2. The van der Waals surface area contributed by atoms with Gasteiger partial charge in [-0.1, -0.05) is 85.9 Å². The van der Waals surface area contributed by atoms with Crippen LogP contribution in [0.15, 0.2) is 91.1 Å². The largest absolute Gasteiger partial charge is 0.504 e. The molecule has 2 N–H and O–H groups in total. The fraction of sp³-hybridized carbons (Fsp3) is 0.406. The smallest absolute Gasteiger partial charge is 0.305 e. The number of hydrogen-bond donors (Lipinski definition) is 2. The Morgan fingerprint density at radius 2 is 1.25 bits per heavy atom. The van der Waals surface area contributed by atoms with Gasteiger partial charge in [-0.25, -0.2) is 0 Å². The molecule has 0 spiro atoms. The first-order valence-corrected chi connectivity index (χ1v) is 13.2. The summed E-state index contributed by atoms with van der Waals surface area (Å²) in [4.78, 5) is 11.8. The van der Waals surface area contributed by atoms with Gasteiger partial charge < -0.3 is 14.9 Å². The minimum absolute atomic E-state index is 0.150. The van der Waals surface area contributed by atoms with Crippen LogP contribution < -0.4 is 0 Å². The molecule has 0 radical (unpaired) electrons. The highest BCUT2D eigenvalue weighted by Gasteiger charge is 2.04. The summed E-state index contributed by atoms with van der Waals surface area (Å²) in [7, 11) is 0. The number of carbonyl (C=O) groups excluding carboxylic acids is 1. The summed E-state index contributed by atoms with van der Waals surface area (Å²) < 4.78 is 5.24. The zero-order valence-electron chi connectivity index (χ0n) is 21.9. The van der Waals surface area contributed by atoms with Gasteiger partial charge in [-0.3, -0.25) is 4.79 Å². The average molecular weight is 493 g/mol. The van der Waals surface area contributed by atoms with Crippen LogP contribution in [0.2, 0.25) is 0 Å². The van der Waals surface area contributed by atoms with Crippen molar-refractivity contribution in [3.05, 3.63) is 96.7 Å². The van der Waals surface area contributed by atoms with Crippen LogP contribution in [0.25, 0.3) is 0 Å². The molecular formula is C32H44O4. The molecule has 0 unspecified atom stereocenters. The lowest BCUT2D eigenvalue weighted by molar-refractivity contribution is -0.143. The Hall–Kier alpha value is -3.27. The maximum atomic E-state index is 11.8. The zero-order chi connectivity index (χ0) is 26.1. The van der Waals surface area contributed by atoms with Crippen LogP contribution >= 0.6 is 0 Å². The lowest BCUT2D eigenvalue weighted by Gasteiger charge is -2.06.